The lowest BCUT2D eigenvalue weighted by Gasteiger charge is -2.25. The third-order valence-corrected chi connectivity index (χ3v) is 3.68. The average molecular weight is 227 g/mol. The van der Waals surface area contributed by atoms with Crippen LogP contribution in [0.25, 0.3) is 0 Å². The number of ether oxygens (including phenoxy) is 2. The summed E-state index contributed by atoms with van der Waals surface area (Å²) in [6.45, 7) is 8.52. The fourth-order valence-corrected chi connectivity index (χ4v) is 2.75. The second-order valence-electron chi connectivity index (χ2n) is 5.51. The van der Waals surface area contributed by atoms with Gasteiger partial charge in [0.25, 0.3) is 0 Å². The molecule has 3 heteroatoms. The van der Waals surface area contributed by atoms with Gasteiger partial charge in [-0.15, -0.1) is 0 Å². The van der Waals surface area contributed by atoms with E-state index in [0.29, 0.717) is 30.3 Å². The molecule has 16 heavy (non-hydrogen) atoms. The minimum Gasteiger partial charge on any atom is -0.375 e. The van der Waals surface area contributed by atoms with Gasteiger partial charge < -0.3 is 14.8 Å². The number of nitrogens with one attached hydrogen (secondary N) is 1. The molecule has 4 atom stereocenters. The molecule has 94 valence electrons. The van der Waals surface area contributed by atoms with Gasteiger partial charge in [0.2, 0.25) is 0 Å². The molecule has 0 aromatic heterocycles. The van der Waals surface area contributed by atoms with Gasteiger partial charge in [0.15, 0.2) is 0 Å². The van der Waals surface area contributed by atoms with Crippen molar-refractivity contribution in [3.63, 3.8) is 0 Å². The van der Waals surface area contributed by atoms with Gasteiger partial charge in [-0.3, -0.25) is 0 Å². The lowest BCUT2D eigenvalue weighted by molar-refractivity contribution is -0.0531. The Hall–Kier alpha value is -0.120. The minimum atomic E-state index is 0.330. The van der Waals surface area contributed by atoms with Crippen LogP contribution in [0.3, 0.4) is 0 Å². The van der Waals surface area contributed by atoms with Crippen LogP contribution >= 0.6 is 0 Å². The molecule has 2 heterocycles. The summed E-state index contributed by atoms with van der Waals surface area (Å²) in [6, 6.07) is 0.560. The zero-order valence-corrected chi connectivity index (χ0v) is 10.7. The molecule has 0 radical (unpaired) electrons. The van der Waals surface area contributed by atoms with E-state index in [0.717, 1.165) is 13.2 Å². The maximum absolute atomic E-state index is 5.93. The molecule has 0 aromatic rings. The molecule has 0 spiro atoms. The van der Waals surface area contributed by atoms with Crippen molar-refractivity contribution in [2.75, 3.05) is 13.2 Å². The van der Waals surface area contributed by atoms with E-state index in [4.69, 9.17) is 9.47 Å². The number of rotatable bonds is 4. The van der Waals surface area contributed by atoms with E-state index < -0.39 is 0 Å². The number of hydrogen-bond acceptors (Lipinski definition) is 3. The van der Waals surface area contributed by atoms with Gasteiger partial charge in [0, 0.05) is 25.1 Å². The highest BCUT2D eigenvalue weighted by Gasteiger charge is 2.38. The zero-order chi connectivity index (χ0) is 11.5. The quantitative estimate of drug-likeness (QED) is 0.796. The highest BCUT2D eigenvalue weighted by Crippen LogP contribution is 2.31. The zero-order valence-electron chi connectivity index (χ0n) is 10.7. The van der Waals surface area contributed by atoms with Gasteiger partial charge in [0.1, 0.15) is 0 Å². The monoisotopic (exact) mass is 227 g/mol. The third kappa shape index (κ3) is 2.96. The first-order valence-corrected chi connectivity index (χ1v) is 6.67. The molecule has 1 N–H and O–H groups in total. The lowest BCUT2D eigenvalue weighted by Crippen LogP contribution is -2.38. The van der Waals surface area contributed by atoms with Crippen LogP contribution in [-0.2, 0) is 9.47 Å². The van der Waals surface area contributed by atoms with Gasteiger partial charge >= 0.3 is 0 Å². The molecule has 2 aliphatic heterocycles. The summed E-state index contributed by atoms with van der Waals surface area (Å²) in [5.41, 5.74) is 0. The largest absolute Gasteiger partial charge is 0.375 e. The molecule has 0 saturated carbocycles. The van der Waals surface area contributed by atoms with Gasteiger partial charge in [-0.2, -0.15) is 0 Å². The predicted octanol–water partition coefficient (Wildman–Crippen LogP) is 1.96. The van der Waals surface area contributed by atoms with Crippen molar-refractivity contribution in [3.05, 3.63) is 0 Å². The molecular weight excluding hydrogens is 202 g/mol. The average Bonchev–Trinajstić information content (AvgIpc) is 2.82. The molecule has 3 nitrogen and oxygen atoms in total. The minimum absolute atomic E-state index is 0.330. The van der Waals surface area contributed by atoms with Crippen LogP contribution in [0, 0.1) is 5.92 Å². The van der Waals surface area contributed by atoms with E-state index in [9.17, 15) is 0 Å². The Morgan fingerprint density at radius 3 is 2.69 bits per heavy atom. The fraction of sp³-hybridized carbons (Fsp3) is 1.00. The van der Waals surface area contributed by atoms with Crippen LogP contribution in [-0.4, -0.2) is 37.5 Å². The van der Waals surface area contributed by atoms with Crippen LogP contribution in [0.1, 0.15) is 40.0 Å². The molecule has 2 rings (SSSR count). The van der Waals surface area contributed by atoms with Crippen molar-refractivity contribution in [2.45, 2.75) is 64.4 Å². The molecule has 4 unspecified atom stereocenters. The highest BCUT2D eigenvalue weighted by molar-refractivity contribution is 4.88. The Morgan fingerprint density at radius 1 is 1.25 bits per heavy atom. The maximum atomic E-state index is 5.93. The molecular formula is C13H25NO2. The molecule has 0 aliphatic carbocycles. The summed E-state index contributed by atoms with van der Waals surface area (Å²) >= 11 is 0. The van der Waals surface area contributed by atoms with E-state index in [-0.39, 0.29) is 0 Å². The van der Waals surface area contributed by atoms with Crippen LogP contribution in [0.4, 0.5) is 0 Å². The SMILES string of the molecule is CC(C)NCC1CCOC1C1CCC(C)O1. The summed E-state index contributed by atoms with van der Waals surface area (Å²) < 4.78 is 11.8. The third-order valence-electron chi connectivity index (χ3n) is 3.68. The highest BCUT2D eigenvalue weighted by atomic mass is 16.6. The summed E-state index contributed by atoms with van der Waals surface area (Å²) in [4.78, 5) is 0. The van der Waals surface area contributed by atoms with E-state index in [1.807, 2.05) is 0 Å². The van der Waals surface area contributed by atoms with Crippen molar-refractivity contribution in [3.8, 4) is 0 Å². The van der Waals surface area contributed by atoms with Crippen molar-refractivity contribution < 1.29 is 9.47 Å². The second-order valence-corrected chi connectivity index (χ2v) is 5.51. The number of hydrogen-bond donors (Lipinski definition) is 1. The molecule has 0 amide bonds. The molecule has 0 aromatic carbocycles. The van der Waals surface area contributed by atoms with Crippen molar-refractivity contribution in [1.29, 1.82) is 0 Å². The Labute approximate surface area is 98.9 Å². The van der Waals surface area contributed by atoms with Gasteiger partial charge in [0.05, 0.1) is 18.3 Å². The fourth-order valence-electron chi connectivity index (χ4n) is 2.75. The summed E-state index contributed by atoms with van der Waals surface area (Å²) in [7, 11) is 0. The Kier molecular flexibility index (Phi) is 4.22. The summed E-state index contributed by atoms with van der Waals surface area (Å²) in [5.74, 6) is 0.637. The van der Waals surface area contributed by atoms with E-state index in [1.165, 1.54) is 19.3 Å². The molecule has 0 bridgehead atoms. The topological polar surface area (TPSA) is 30.5 Å². The first kappa shape index (κ1) is 12.3. The van der Waals surface area contributed by atoms with E-state index >= 15 is 0 Å². The first-order chi connectivity index (χ1) is 7.66. The van der Waals surface area contributed by atoms with Crippen LogP contribution in [0.5, 0.6) is 0 Å². The maximum Gasteiger partial charge on any atom is 0.0877 e. The predicted molar refractivity (Wildman–Crippen MR) is 64.6 cm³/mol. The van der Waals surface area contributed by atoms with Gasteiger partial charge in [-0.1, -0.05) is 13.8 Å². The van der Waals surface area contributed by atoms with Crippen molar-refractivity contribution >= 4 is 0 Å². The summed E-state index contributed by atoms with van der Waals surface area (Å²) in [5, 5.41) is 3.52. The molecule has 2 aliphatic rings. The van der Waals surface area contributed by atoms with Crippen LogP contribution < -0.4 is 5.32 Å². The first-order valence-electron chi connectivity index (χ1n) is 6.67. The standard InChI is InChI=1S/C13H25NO2/c1-9(2)14-8-11-6-7-15-13(11)12-5-4-10(3)16-12/h9-14H,4-8H2,1-3H3. The van der Waals surface area contributed by atoms with Crippen molar-refractivity contribution in [2.24, 2.45) is 5.92 Å². The molecule has 2 fully saturated rings. The van der Waals surface area contributed by atoms with E-state index in [1.54, 1.807) is 0 Å². The van der Waals surface area contributed by atoms with E-state index in [2.05, 4.69) is 26.1 Å². The van der Waals surface area contributed by atoms with Gasteiger partial charge in [-0.25, -0.2) is 0 Å². The Morgan fingerprint density at radius 2 is 2.06 bits per heavy atom. The summed E-state index contributed by atoms with van der Waals surface area (Å²) in [6.07, 6.45) is 4.64. The van der Waals surface area contributed by atoms with Crippen molar-refractivity contribution in [1.82, 2.24) is 5.32 Å². The smallest absolute Gasteiger partial charge is 0.0877 e. The lowest BCUT2D eigenvalue weighted by atomic mass is 9.95. The van der Waals surface area contributed by atoms with Crippen LogP contribution in [0.2, 0.25) is 0 Å². The Bertz CT molecular complexity index is 220. The second kappa shape index (κ2) is 5.48. The molecule has 2 saturated heterocycles. The normalized spacial score (nSPS) is 39.8. The van der Waals surface area contributed by atoms with Gasteiger partial charge in [-0.05, 0) is 26.2 Å². The van der Waals surface area contributed by atoms with Crippen LogP contribution in [0.15, 0.2) is 0 Å². The Balaban J connectivity index is 1.83.